The van der Waals surface area contributed by atoms with Crippen molar-refractivity contribution in [1.29, 1.82) is 0 Å². The molecule has 1 fully saturated rings. The van der Waals surface area contributed by atoms with Crippen LogP contribution in [0.4, 0.5) is 0 Å². The summed E-state index contributed by atoms with van der Waals surface area (Å²) in [6.07, 6.45) is 2.10. The van der Waals surface area contributed by atoms with Gasteiger partial charge in [0.1, 0.15) is 5.76 Å². The number of benzene rings is 1. The van der Waals surface area contributed by atoms with Gasteiger partial charge in [0.2, 0.25) is 0 Å². The van der Waals surface area contributed by atoms with Gasteiger partial charge < -0.3 is 9.84 Å². The van der Waals surface area contributed by atoms with Crippen LogP contribution in [0.1, 0.15) is 54.4 Å². The number of hydrogen-bond acceptors (Lipinski definition) is 4. The van der Waals surface area contributed by atoms with E-state index in [0.717, 1.165) is 38.2 Å². The van der Waals surface area contributed by atoms with Crippen molar-refractivity contribution in [3.8, 4) is 0 Å². The summed E-state index contributed by atoms with van der Waals surface area (Å²) in [4.78, 5) is 14.8. The molecule has 1 aliphatic heterocycles. The minimum absolute atomic E-state index is 0.141. The summed E-state index contributed by atoms with van der Waals surface area (Å²) in [7, 11) is 0. The number of aromatic nitrogens is 1. The Labute approximate surface area is 143 Å². The third-order valence-electron chi connectivity index (χ3n) is 4.42. The normalized spacial score (nSPS) is 18.7. The van der Waals surface area contributed by atoms with Crippen molar-refractivity contribution in [1.82, 2.24) is 15.4 Å². The molecule has 2 heterocycles. The number of piperidine rings is 1. The summed E-state index contributed by atoms with van der Waals surface area (Å²) in [6, 6.07) is 12.4. The second-order valence-corrected chi connectivity index (χ2v) is 6.80. The van der Waals surface area contributed by atoms with E-state index < -0.39 is 0 Å². The van der Waals surface area contributed by atoms with E-state index in [1.165, 1.54) is 5.56 Å². The molecule has 0 saturated carbocycles. The standard InChI is InChI=1S/C19H25N3O2/c1-14(2)18-11-17(21-24-18)19(23)20-16-9-6-10-22(13-16)12-15-7-4-3-5-8-15/h3-5,7-8,11,14,16H,6,9-10,12-13H2,1-2H3,(H,20,23)/t16-/m0/s1. The van der Waals surface area contributed by atoms with Crippen molar-refractivity contribution >= 4 is 5.91 Å². The molecule has 5 nitrogen and oxygen atoms in total. The third kappa shape index (κ3) is 4.23. The Bertz CT molecular complexity index is 666. The van der Waals surface area contributed by atoms with E-state index in [4.69, 9.17) is 4.52 Å². The molecule has 0 radical (unpaired) electrons. The second-order valence-electron chi connectivity index (χ2n) is 6.80. The van der Waals surface area contributed by atoms with Crippen molar-refractivity contribution in [3.63, 3.8) is 0 Å². The zero-order valence-electron chi connectivity index (χ0n) is 14.4. The van der Waals surface area contributed by atoms with Crippen LogP contribution < -0.4 is 5.32 Å². The molecule has 1 saturated heterocycles. The molecule has 2 aromatic rings. The highest BCUT2D eigenvalue weighted by Crippen LogP contribution is 2.17. The van der Waals surface area contributed by atoms with Crippen LogP contribution in [0.15, 0.2) is 40.9 Å². The maximum absolute atomic E-state index is 12.4. The second kappa shape index (κ2) is 7.62. The quantitative estimate of drug-likeness (QED) is 0.916. The van der Waals surface area contributed by atoms with Crippen LogP contribution in [0.2, 0.25) is 0 Å². The third-order valence-corrected chi connectivity index (χ3v) is 4.42. The fourth-order valence-corrected chi connectivity index (χ4v) is 3.09. The highest BCUT2D eigenvalue weighted by atomic mass is 16.5. The number of likely N-dealkylation sites (tertiary alicyclic amines) is 1. The van der Waals surface area contributed by atoms with Gasteiger partial charge in [-0.2, -0.15) is 0 Å². The largest absolute Gasteiger partial charge is 0.360 e. The smallest absolute Gasteiger partial charge is 0.273 e. The van der Waals surface area contributed by atoms with Crippen LogP contribution in [0.25, 0.3) is 0 Å². The first-order chi connectivity index (χ1) is 11.6. The highest BCUT2D eigenvalue weighted by Gasteiger charge is 2.23. The van der Waals surface area contributed by atoms with Gasteiger partial charge >= 0.3 is 0 Å². The lowest BCUT2D eigenvalue weighted by Crippen LogP contribution is -2.47. The zero-order chi connectivity index (χ0) is 16.9. The first-order valence-electron chi connectivity index (χ1n) is 8.65. The van der Waals surface area contributed by atoms with E-state index >= 15 is 0 Å². The molecule has 1 atom stereocenters. The topological polar surface area (TPSA) is 58.4 Å². The summed E-state index contributed by atoms with van der Waals surface area (Å²) in [5, 5.41) is 6.99. The van der Waals surface area contributed by atoms with Crippen LogP contribution in [0.3, 0.4) is 0 Å². The van der Waals surface area contributed by atoms with E-state index in [2.05, 4.69) is 39.6 Å². The Morgan fingerprint density at radius 1 is 1.38 bits per heavy atom. The number of amides is 1. The van der Waals surface area contributed by atoms with E-state index in [0.29, 0.717) is 5.69 Å². The van der Waals surface area contributed by atoms with Gasteiger partial charge in [-0.05, 0) is 24.9 Å². The molecular weight excluding hydrogens is 302 g/mol. The van der Waals surface area contributed by atoms with Gasteiger partial charge in [-0.15, -0.1) is 0 Å². The number of carbonyl (C=O) groups is 1. The fraction of sp³-hybridized carbons (Fsp3) is 0.474. The van der Waals surface area contributed by atoms with Crippen LogP contribution in [0, 0.1) is 0 Å². The summed E-state index contributed by atoms with van der Waals surface area (Å²) in [5.41, 5.74) is 1.68. The van der Waals surface area contributed by atoms with E-state index in [1.807, 2.05) is 19.9 Å². The molecule has 0 aliphatic carbocycles. The van der Waals surface area contributed by atoms with Crippen LogP contribution in [-0.4, -0.2) is 35.1 Å². The van der Waals surface area contributed by atoms with Gasteiger partial charge in [-0.3, -0.25) is 9.69 Å². The predicted molar refractivity (Wildman–Crippen MR) is 92.8 cm³/mol. The SMILES string of the molecule is CC(C)c1cc(C(=O)N[C@H]2CCCN(Cc3ccccc3)C2)no1. The highest BCUT2D eigenvalue weighted by molar-refractivity contribution is 5.92. The molecule has 3 rings (SSSR count). The molecule has 128 valence electrons. The number of carbonyl (C=O) groups excluding carboxylic acids is 1. The summed E-state index contributed by atoms with van der Waals surface area (Å²) in [6.45, 7) is 6.91. The maximum atomic E-state index is 12.4. The lowest BCUT2D eigenvalue weighted by atomic mass is 10.0. The van der Waals surface area contributed by atoms with E-state index in [-0.39, 0.29) is 17.9 Å². The first kappa shape index (κ1) is 16.7. The number of nitrogens with zero attached hydrogens (tertiary/aromatic N) is 2. The van der Waals surface area contributed by atoms with Crippen LogP contribution >= 0.6 is 0 Å². The number of hydrogen-bond donors (Lipinski definition) is 1. The minimum atomic E-state index is -0.141. The monoisotopic (exact) mass is 327 g/mol. The molecule has 0 unspecified atom stereocenters. The molecule has 1 aliphatic rings. The Morgan fingerprint density at radius 3 is 2.88 bits per heavy atom. The summed E-state index contributed by atoms with van der Waals surface area (Å²) >= 11 is 0. The van der Waals surface area contributed by atoms with Crippen LogP contribution in [-0.2, 0) is 6.54 Å². The predicted octanol–water partition coefficient (Wildman–Crippen LogP) is 3.19. The van der Waals surface area contributed by atoms with Crippen molar-refractivity contribution in [2.75, 3.05) is 13.1 Å². The van der Waals surface area contributed by atoms with Gasteiger partial charge in [0.15, 0.2) is 5.69 Å². The molecule has 1 aromatic carbocycles. The molecule has 0 spiro atoms. The van der Waals surface area contributed by atoms with Gasteiger partial charge in [-0.1, -0.05) is 49.3 Å². The van der Waals surface area contributed by atoms with Crippen molar-refractivity contribution < 1.29 is 9.32 Å². The molecule has 5 heteroatoms. The van der Waals surface area contributed by atoms with Crippen LogP contribution in [0.5, 0.6) is 0 Å². The van der Waals surface area contributed by atoms with Gasteiger partial charge in [-0.25, -0.2) is 0 Å². The first-order valence-corrected chi connectivity index (χ1v) is 8.65. The van der Waals surface area contributed by atoms with E-state index in [1.54, 1.807) is 6.07 Å². The minimum Gasteiger partial charge on any atom is -0.360 e. The number of rotatable bonds is 5. The summed E-state index contributed by atoms with van der Waals surface area (Å²) < 4.78 is 5.22. The molecule has 1 N–H and O–H groups in total. The lowest BCUT2D eigenvalue weighted by Gasteiger charge is -2.33. The summed E-state index contributed by atoms with van der Waals surface area (Å²) in [5.74, 6) is 0.835. The Kier molecular flexibility index (Phi) is 5.30. The average Bonchev–Trinajstić information content (AvgIpc) is 3.06. The van der Waals surface area contributed by atoms with Crippen molar-refractivity contribution in [2.24, 2.45) is 0 Å². The molecular formula is C19H25N3O2. The fourth-order valence-electron chi connectivity index (χ4n) is 3.09. The van der Waals surface area contributed by atoms with E-state index in [9.17, 15) is 4.79 Å². The van der Waals surface area contributed by atoms with Crippen molar-refractivity contribution in [2.45, 2.75) is 45.2 Å². The number of nitrogens with one attached hydrogen (secondary N) is 1. The van der Waals surface area contributed by atoms with Gasteiger partial charge in [0.25, 0.3) is 5.91 Å². The average molecular weight is 327 g/mol. The Balaban J connectivity index is 1.55. The molecule has 24 heavy (non-hydrogen) atoms. The lowest BCUT2D eigenvalue weighted by molar-refractivity contribution is 0.0891. The molecule has 1 aromatic heterocycles. The molecule has 0 bridgehead atoms. The zero-order valence-corrected chi connectivity index (χ0v) is 14.4. The Morgan fingerprint density at radius 2 is 2.17 bits per heavy atom. The van der Waals surface area contributed by atoms with Gasteiger partial charge in [0, 0.05) is 31.1 Å². The van der Waals surface area contributed by atoms with Crippen molar-refractivity contribution in [3.05, 3.63) is 53.4 Å². The molecule has 1 amide bonds. The Hall–Kier alpha value is -2.14. The van der Waals surface area contributed by atoms with Gasteiger partial charge in [0.05, 0.1) is 0 Å². The maximum Gasteiger partial charge on any atom is 0.273 e.